The molecule has 0 N–H and O–H groups in total. The van der Waals surface area contributed by atoms with Crippen molar-refractivity contribution in [3.63, 3.8) is 0 Å². The van der Waals surface area contributed by atoms with Gasteiger partial charge in [-0.25, -0.2) is 0 Å². The SMILES string of the molecule is CC(C)(C)[Si](O[C@@H]1COC(=O)C[C@H](O[Si](c2ccccc2)(c2ccccc2)C(C)(C)C)C1)(c1ccccc1)c1ccccc1. The standard InChI is InChI=1S/C38H46O4Si2/c1-37(2,3)43(32-19-11-7-12-20-32,33-21-13-8-14-22-33)41-30-27-31(29-40-36(39)28-30)42-44(38(4,5)6,34-23-15-9-16-24-34)35-25-17-10-18-26-35/h7-26,30-31H,27-29H2,1-6H3/t30-,31+/m1/s1. The van der Waals surface area contributed by atoms with Crippen molar-refractivity contribution in [1.82, 2.24) is 0 Å². The van der Waals surface area contributed by atoms with Crippen LogP contribution in [0.2, 0.25) is 10.1 Å². The highest BCUT2D eigenvalue weighted by molar-refractivity contribution is 7.00. The van der Waals surface area contributed by atoms with Crippen molar-refractivity contribution >= 4 is 43.4 Å². The third-order valence-electron chi connectivity index (χ3n) is 8.87. The van der Waals surface area contributed by atoms with Crippen LogP contribution in [0.3, 0.4) is 0 Å². The number of carbonyl (C=O) groups is 1. The van der Waals surface area contributed by atoms with Crippen LogP contribution in [0, 0.1) is 0 Å². The molecule has 0 amide bonds. The molecule has 44 heavy (non-hydrogen) atoms. The molecule has 1 heterocycles. The van der Waals surface area contributed by atoms with Gasteiger partial charge in [0.05, 0.1) is 18.6 Å². The van der Waals surface area contributed by atoms with E-state index in [4.69, 9.17) is 13.6 Å². The van der Waals surface area contributed by atoms with Crippen molar-refractivity contribution in [2.24, 2.45) is 0 Å². The summed E-state index contributed by atoms with van der Waals surface area (Å²) in [5, 5.41) is 4.40. The summed E-state index contributed by atoms with van der Waals surface area (Å²) < 4.78 is 20.8. The Balaban J connectivity index is 1.59. The van der Waals surface area contributed by atoms with Crippen molar-refractivity contribution in [3.05, 3.63) is 121 Å². The lowest BCUT2D eigenvalue weighted by molar-refractivity contribution is -0.145. The minimum atomic E-state index is -2.89. The number of hydrogen-bond donors (Lipinski definition) is 0. The molecule has 230 valence electrons. The van der Waals surface area contributed by atoms with Crippen molar-refractivity contribution in [2.45, 2.75) is 76.7 Å². The van der Waals surface area contributed by atoms with Gasteiger partial charge in [-0.15, -0.1) is 0 Å². The first-order chi connectivity index (χ1) is 21.0. The number of esters is 1. The molecule has 1 fully saturated rings. The second-order valence-electron chi connectivity index (χ2n) is 13.9. The molecule has 5 rings (SSSR count). The molecule has 2 atom stereocenters. The van der Waals surface area contributed by atoms with Crippen molar-refractivity contribution in [2.75, 3.05) is 6.61 Å². The molecular formula is C38H46O4Si2. The van der Waals surface area contributed by atoms with Gasteiger partial charge >= 0.3 is 5.97 Å². The summed E-state index contributed by atoms with van der Waals surface area (Å²) >= 11 is 0. The van der Waals surface area contributed by atoms with E-state index in [-0.39, 0.29) is 41.3 Å². The van der Waals surface area contributed by atoms with Gasteiger partial charge in [-0.05, 0) is 30.8 Å². The number of ether oxygens (including phenoxy) is 1. The van der Waals surface area contributed by atoms with Gasteiger partial charge in [0.1, 0.15) is 6.61 Å². The molecule has 0 bridgehead atoms. The highest BCUT2D eigenvalue weighted by Gasteiger charge is 2.54. The van der Waals surface area contributed by atoms with Crippen LogP contribution >= 0.6 is 0 Å². The first-order valence-corrected chi connectivity index (χ1v) is 19.5. The Kier molecular flexibility index (Phi) is 9.47. The van der Waals surface area contributed by atoms with Gasteiger partial charge < -0.3 is 13.6 Å². The Morgan fingerprint density at radius 1 is 0.545 bits per heavy atom. The van der Waals surface area contributed by atoms with Gasteiger partial charge in [0, 0.05) is 6.42 Å². The predicted molar refractivity (Wildman–Crippen MR) is 185 cm³/mol. The van der Waals surface area contributed by atoms with Gasteiger partial charge in [-0.1, -0.05) is 163 Å². The third kappa shape index (κ3) is 6.27. The fraction of sp³-hybridized carbons (Fsp3) is 0.342. The molecule has 1 aliphatic rings. The van der Waals surface area contributed by atoms with Gasteiger partial charge in [0.15, 0.2) is 0 Å². The van der Waals surface area contributed by atoms with Crippen molar-refractivity contribution in [1.29, 1.82) is 0 Å². The van der Waals surface area contributed by atoms with Crippen LogP contribution in [0.25, 0.3) is 0 Å². The van der Waals surface area contributed by atoms with E-state index in [9.17, 15) is 4.79 Å². The molecule has 0 aliphatic carbocycles. The molecule has 0 aromatic heterocycles. The van der Waals surface area contributed by atoms with E-state index >= 15 is 0 Å². The van der Waals surface area contributed by atoms with E-state index in [0.29, 0.717) is 6.42 Å². The Hall–Kier alpha value is -3.30. The molecule has 4 aromatic rings. The van der Waals surface area contributed by atoms with Gasteiger partial charge in [-0.3, -0.25) is 4.79 Å². The number of carbonyl (C=O) groups excluding carboxylic acids is 1. The monoisotopic (exact) mass is 622 g/mol. The van der Waals surface area contributed by atoms with Gasteiger partial charge in [0.2, 0.25) is 0 Å². The molecule has 0 saturated carbocycles. The third-order valence-corrected chi connectivity index (χ3v) is 19.1. The lowest BCUT2D eigenvalue weighted by Gasteiger charge is -2.46. The molecule has 4 nitrogen and oxygen atoms in total. The van der Waals surface area contributed by atoms with Crippen LogP contribution in [0.5, 0.6) is 0 Å². The van der Waals surface area contributed by atoms with Crippen LogP contribution in [0.1, 0.15) is 54.4 Å². The van der Waals surface area contributed by atoms with Crippen LogP contribution in [0.4, 0.5) is 0 Å². The number of rotatable bonds is 8. The van der Waals surface area contributed by atoms with Gasteiger partial charge in [-0.2, -0.15) is 0 Å². The zero-order valence-corrected chi connectivity index (χ0v) is 29.0. The molecule has 4 aromatic carbocycles. The van der Waals surface area contributed by atoms with Crippen LogP contribution in [0.15, 0.2) is 121 Å². The predicted octanol–water partition coefficient (Wildman–Crippen LogP) is 6.21. The molecule has 0 radical (unpaired) electrons. The van der Waals surface area contributed by atoms with E-state index in [1.807, 2.05) is 12.1 Å². The normalized spacial score (nSPS) is 18.4. The van der Waals surface area contributed by atoms with E-state index in [0.717, 1.165) is 0 Å². The Morgan fingerprint density at radius 3 is 1.18 bits per heavy atom. The summed E-state index contributed by atoms with van der Waals surface area (Å²) in [7, 11) is -5.76. The number of cyclic esters (lactones) is 1. The lowest BCUT2D eigenvalue weighted by Crippen LogP contribution is -2.69. The fourth-order valence-electron chi connectivity index (χ4n) is 6.93. The Bertz CT molecular complexity index is 1420. The fourth-order valence-corrected chi connectivity index (χ4v) is 16.3. The van der Waals surface area contributed by atoms with Crippen molar-refractivity contribution < 1.29 is 18.4 Å². The highest BCUT2D eigenvalue weighted by atomic mass is 28.4. The Labute approximate surface area is 265 Å². The number of benzene rings is 4. The van der Waals surface area contributed by atoms with E-state index in [2.05, 4.69) is 151 Å². The maximum atomic E-state index is 13.2. The second-order valence-corrected chi connectivity index (χ2v) is 22.4. The summed E-state index contributed by atoms with van der Waals surface area (Å²) in [5.74, 6) is -0.235. The van der Waals surface area contributed by atoms with E-state index in [1.165, 1.54) is 20.7 Å². The second kappa shape index (κ2) is 13.0. The molecular weight excluding hydrogens is 577 g/mol. The smallest absolute Gasteiger partial charge is 0.308 e. The minimum absolute atomic E-state index is 0.194. The molecule has 1 saturated heterocycles. The largest absolute Gasteiger partial charge is 0.463 e. The minimum Gasteiger partial charge on any atom is -0.463 e. The topological polar surface area (TPSA) is 44.8 Å². The van der Waals surface area contributed by atoms with E-state index in [1.54, 1.807) is 0 Å². The molecule has 0 unspecified atom stereocenters. The molecule has 6 heteroatoms. The maximum absolute atomic E-state index is 13.2. The summed E-state index contributed by atoms with van der Waals surface area (Å²) in [4.78, 5) is 13.2. The van der Waals surface area contributed by atoms with Crippen molar-refractivity contribution in [3.8, 4) is 0 Å². The first-order valence-electron chi connectivity index (χ1n) is 15.7. The molecule has 0 spiro atoms. The summed E-state index contributed by atoms with van der Waals surface area (Å²) in [6.45, 7) is 13.8. The quantitative estimate of drug-likeness (QED) is 0.173. The highest BCUT2D eigenvalue weighted by Crippen LogP contribution is 2.41. The van der Waals surface area contributed by atoms with Gasteiger partial charge in [0.25, 0.3) is 16.6 Å². The maximum Gasteiger partial charge on any atom is 0.308 e. The lowest BCUT2D eigenvalue weighted by atomic mass is 10.1. The summed E-state index contributed by atoms with van der Waals surface area (Å²) in [5.41, 5.74) is 0. The summed E-state index contributed by atoms with van der Waals surface area (Å²) in [6.07, 6.45) is 0.0849. The average molecular weight is 623 g/mol. The summed E-state index contributed by atoms with van der Waals surface area (Å²) in [6, 6.07) is 42.5. The average Bonchev–Trinajstić information content (AvgIpc) is 3.19. The van der Waals surface area contributed by atoms with E-state index < -0.39 is 16.6 Å². The van der Waals surface area contributed by atoms with Crippen LogP contribution in [-0.2, 0) is 18.4 Å². The molecule has 1 aliphatic heterocycles. The zero-order valence-electron chi connectivity index (χ0n) is 27.0. The zero-order chi connectivity index (χ0) is 31.4. The Morgan fingerprint density at radius 2 is 0.864 bits per heavy atom. The van der Waals surface area contributed by atoms with Crippen LogP contribution in [-0.4, -0.2) is 41.4 Å². The van der Waals surface area contributed by atoms with Crippen LogP contribution < -0.4 is 20.7 Å². The first kappa shape index (κ1) is 32.1. The number of hydrogen-bond acceptors (Lipinski definition) is 4.